The maximum Gasteiger partial charge on any atom is 0.244 e. The molecule has 3 nitrogen and oxygen atoms in total. The highest BCUT2D eigenvalue weighted by Crippen LogP contribution is 2.28. The molecule has 1 aliphatic rings. The lowest BCUT2D eigenvalue weighted by Gasteiger charge is -2.27. The van der Waals surface area contributed by atoms with Crippen LogP contribution in [-0.4, -0.2) is 19.3 Å². The lowest BCUT2D eigenvalue weighted by Crippen LogP contribution is -2.35. The van der Waals surface area contributed by atoms with Crippen molar-refractivity contribution in [2.45, 2.75) is 23.7 Å². The largest absolute Gasteiger partial charge is 0.244 e. The molecule has 0 saturated carbocycles. The highest BCUT2D eigenvalue weighted by atomic mass is 35.5. The Morgan fingerprint density at radius 2 is 2.00 bits per heavy atom. The zero-order valence-electron chi connectivity index (χ0n) is 10.8. The van der Waals surface area contributed by atoms with Crippen LogP contribution >= 0.6 is 22.9 Å². The van der Waals surface area contributed by atoms with Crippen LogP contribution in [0.25, 0.3) is 0 Å². The SMILES string of the molecule is O=S(=O)(c1csc(CCl)c1)N1CCc2ccccc2C1. The maximum absolute atomic E-state index is 12.6. The van der Waals surface area contributed by atoms with Crippen molar-refractivity contribution < 1.29 is 8.42 Å². The van der Waals surface area contributed by atoms with Crippen LogP contribution in [0.4, 0.5) is 0 Å². The second-order valence-corrected chi connectivity index (χ2v) is 7.94. The predicted molar refractivity (Wildman–Crippen MR) is 81.6 cm³/mol. The van der Waals surface area contributed by atoms with E-state index < -0.39 is 10.0 Å². The van der Waals surface area contributed by atoms with Crippen molar-refractivity contribution in [1.29, 1.82) is 0 Å². The monoisotopic (exact) mass is 327 g/mol. The zero-order chi connectivity index (χ0) is 14.2. The number of hydrogen-bond donors (Lipinski definition) is 0. The summed E-state index contributed by atoms with van der Waals surface area (Å²) in [5.41, 5.74) is 2.33. The van der Waals surface area contributed by atoms with E-state index in [1.807, 2.05) is 18.2 Å². The van der Waals surface area contributed by atoms with E-state index in [2.05, 4.69) is 6.07 Å². The summed E-state index contributed by atoms with van der Waals surface area (Å²) < 4.78 is 26.8. The Balaban J connectivity index is 1.90. The summed E-state index contributed by atoms with van der Waals surface area (Å²) in [7, 11) is -3.41. The fourth-order valence-corrected chi connectivity index (χ4v) is 5.18. The molecule has 2 heterocycles. The van der Waals surface area contributed by atoms with Gasteiger partial charge in [0.05, 0.1) is 10.8 Å². The Morgan fingerprint density at radius 1 is 1.25 bits per heavy atom. The van der Waals surface area contributed by atoms with Crippen LogP contribution in [0.2, 0.25) is 0 Å². The van der Waals surface area contributed by atoms with Crippen molar-refractivity contribution in [2.75, 3.05) is 6.54 Å². The van der Waals surface area contributed by atoms with Crippen LogP contribution in [0, 0.1) is 0 Å². The fourth-order valence-electron chi connectivity index (χ4n) is 2.39. The van der Waals surface area contributed by atoms with Crippen LogP contribution in [0.3, 0.4) is 0 Å². The molecular weight excluding hydrogens is 314 g/mol. The van der Waals surface area contributed by atoms with Crippen LogP contribution < -0.4 is 0 Å². The molecule has 0 unspecified atom stereocenters. The van der Waals surface area contributed by atoms with Crippen LogP contribution in [0.5, 0.6) is 0 Å². The van der Waals surface area contributed by atoms with Gasteiger partial charge in [0.1, 0.15) is 0 Å². The average molecular weight is 328 g/mol. The van der Waals surface area contributed by atoms with Gasteiger partial charge in [0, 0.05) is 23.3 Å². The number of fused-ring (bicyclic) bond motifs is 1. The van der Waals surface area contributed by atoms with Gasteiger partial charge < -0.3 is 0 Å². The van der Waals surface area contributed by atoms with E-state index in [1.54, 1.807) is 15.8 Å². The molecule has 106 valence electrons. The standard InChI is InChI=1S/C14H14ClNO2S2/c15-8-13-7-14(10-19-13)20(17,18)16-6-5-11-3-1-2-4-12(11)9-16/h1-4,7,10H,5-6,8-9H2. The lowest BCUT2D eigenvalue weighted by molar-refractivity contribution is 0.391. The van der Waals surface area contributed by atoms with E-state index in [1.165, 1.54) is 16.9 Å². The van der Waals surface area contributed by atoms with Crippen LogP contribution in [-0.2, 0) is 28.9 Å². The molecule has 0 N–H and O–H groups in total. The van der Waals surface area contributed by atoms with Gasteiger partial charge >= 0.3 is 0 Å². The van der Waals surface area contributed by atoms with E-state index in [0.29, 0.717) is 23.9 Å². The van der Waals surface area contributed by atoms with E-state index in [-0.39, 0.29) is 0 Å². The Hall–Kier alpha value is -0.880. The lowest BCUT2D eigenvalue weighted by atomic mass is 10.0. The summed E-state index contributed by atoms with van der Waals surface area (Å²) in [5, 5.41) is 1.67. The summed E-state index contributed by atoms with van der Waals surface area (Å²) in [6, 6.07) is 9.68. The van der Waals surface area contributed by atoms with Crippen molar-refractivity contribution >= 4 is 33.0 Å². The first-order valence-electron chi connectivity index (χ1n) is 6.31. The molecule has 6 heteroatoms. The third kappa shape index (κ3) is 2.51. The average Bonchev–Trinajstić information content (AvgIpc) is 2.96. The Labute approximate surface area is 127 Å². The summed E-state index contributed by atoms with van der Waals surface area (Å²) in [6.07, 6.45) is 0.766. The van der Waals surface area contributed by atoms with E-state index in [9.17, 15) is 8.42 Å². The van der Waals surface area contributed by atoms with Crippen LogP contribution in [0.15, 0.2) is 40.6 Å². The molecule has 1 aromatic carbocycles. The number of alkyl halides is 1. The second kappa shape index (κ2) is 5.48. The third-order valence-electron chi connectivity index (χ3n) is 3.49. The van der Waals surface area contributed by atoms with Gasteiger partial charge in [-0.05, 0) is 23.6 Å². The normalized spacial score (nSPS) is 16.1. The second-order valence-electron chi connectivity index (χ2n) is 4.74. The maximum atomic E-state index is 12.6. The minimum Gasteiger partial charge on any atom is -0.207 e. The molecule has 20 heavy (non-hydrogen) atoms. The number of sulfonamides is 1. The number of rotatable bonds is 3. The summed E-state index contributed by atoms with van der Waals surface area (Å²) in [4.78, 5) is 1.24. The van der Waals surface area contributed by atoms with E-state index in [4.69, 9.17) is 11.6 Å². The molecule has 1 aliphatic heterocycles. The molecule has 1 aromatic heterocycles. The number of hydrogen-bond acceptors (Lipinski definition) is 3. The fraction of sp³-hybridized carbons (Fsp3) is 0.286. The highest BCUT2D eigenvalue weighted by Gasteiger charge is 2.28. The van der Waals surface area contributed by atoms with Crippen molar-refractivity contribution in [3.8, 4) is 0 Å². The number of thiophene rings is 1. The van der Waals surface area contributed by atoms with Gasteiger partial charge in [-0.3, -0.25) is 0 Å². The van der Waals surface area contributed by atoms with Crippen LogP contribution in [0.1, 0.15) is 16.0 Å². The quantitative estimate of drug-likeness (QED) is 0.812. The van der Waals surface area contributed by atoms with Gasteiger partial charge in [0.25, 0.3) is 0 Å². The van der Waals surface area contributed by atoms with Gasteiger partial charge in [-0.1, -0.05) is 24.3 Å². The molecule has 0 amide bonds. The zero-order valence-corrected chi connectivity index (χ0v) is 13.1. The van der Waals surface area contributed by atoms with Gasteiger partial charge in [0.15, 0.2) is 0 Å². The Kier molecular flexibility index (Phi) is 3.86. The molecule has 2 aromatic rings. The molecule has 0 bridgehead atoms. The summed E-state index contributed by atoms with van der Waals surface area (Å²) >= 11 is 7.13. The van der Waals surface area contributed by atoms with Gasteiger partial charge in [-0.15, -0.1) is 22.9 Å². The predicted octanol–water partition coefficient (Wildman–Crippen LogP) is 3.23. The first kappa shape index (κ1) is 14.1. The van der Waals surface area contributed by atoms with E-state index in [0.717, 1.165) is 16.9 Å². The molecular formula is C14H14ClNO2S2. The third-order valence-corrected chi connectivity index (χ3v) is 6.85. The molecule has 3 rings (SSSR count). The minimum atomic E-state index is -3.41. The summed E-state index contributed by atoms with van der Waals surface area (Å²) in [6.45, 7) is 0.982. The first-order chi connectivity index (χ1) is 9.61. The van der Waals surface area contributed by atoms with Gasteiger partial charge in [0.2, 0.25) is 10.0 Å². The molecule has 0 saturated heterocycles. The summed E-state index contributed by atoms with van der Waals surface area (Å²) in [5.74, 6) is 0.350. The van der Waals surface area contributed by atoms with Crippen molar-refractivity contribution in [2.24, 2.45) is 0 Å². The molecule has 0 aliphatic carbocycles. The number of benzene rings is 1. The first-order valence-corrected chi connectivity index (χ1v) is 9.17. The highest BCUT2D eigenvalue weighted by molar-refractivity contribution is 7.89. The molecule has 0 atom stereocenters. The number of nitrogens with zero attached hydrogens (tertiary/aromatic N) is 1. The Bertz CT molecular complexity index is 724. The number of halogens is 1. The Morgan fingerprint density at radius 3 is 2.70 bits per heavy atom. The van der Waals surface area contributed by atoms with Crippen molar-refractivity contribution in [1.82, 2.24) is 4.31 Å². The molecule has 0 radical (unpaired) electrons. The molecule has 0 spiro atoms. The van der Waals surface area contributed by atoms with Crippen molar-refractivity contribution in [3.63, 3.8) is 0 Å². The minimum absolute atomic E-state index is 0.350. The van der Waals surface area contributed by atoms with E-state index >= 15 is 0 Å². The topological polar surface area (TPSA) is 37.4 Å². The van der Waals surface area contributed by atoms with Gasteiger partial charge in [-0.2, -0.15) is 4.31 Å². The molecule has 0 fully saturated rings. The van der Waals surface area contributed by atoms with Gasteiger partial charge in [-0.25, -0.2) is 8.42 Å². The van der Waals surface area contributed by atoms with Crippen molar-refractivity contribution in [3.05, 3.63) is 51.7 Å². The smallest absolute Gasteiger partial charge is 0.207 e.